The van der Waals surface area contributed by atoms with Gasteiger partial charge in [-0.1, -0.05) is 12.1 Å². The molecule has 0 fully saturated rings. The molecule has 0 aliphatic heterocycles. The van der Waals surface area contributed by atoms with Crippen LogP contribution in [0.1, 0.15) is 23.0 Å². The fourth-order valence-electron chi connectivity index (χ4n) is 2.42. The first-order valence-electron chi connectivity index (χ1n) is 7.18. The number of fused-ring (bicyclic) bond motifs is 1. The second-order valence-electron chi connectivity index (χ2n) is 5.04. The summed E-state index contributed by atoms with van der Waals surface area (Å²) in [7, 11) is 0. The number of aromatic hydroxyl groups is 1. The molecule has 1 aromatic carbocycles. The Morgan fingerprint density at radius 1 is 1.30 bits per heavy atom. The molecule has 6 heteroatoms. The van der Waals surface area contributed by atoms with Gasteiger partial charge >= 0.3 is 5.97 Å². The summed E-state index contributed by atoms with van der Waals surface area (Å²) in [6.45, 7) is 2.40. The van der Waals surface area contributed by atoms with Gasteiger partial charge in [-0.2, -0.15) is 0 Å². The monoisotopic (exact) mass is 314 g/mol. The van der Waals surface area contributed by atoms with Crippen LogP contribution in [0.2, 0.25) is 0 Å². The van der Waals surface area contributed by atoms with E-state index < -0.39 is 5.97 Å². The molecule has 0 radical (unpaired) electrons. The van der Waals surface area contributed by atoms with Gasteiger partial charge in [-0.3, -0.25) is 0 Å². The Labute approximate surface area is 132 Å². The number of halogens is 1. The molecule has 0 aliphatic rings. The van der Waals surface area contributed by atoms with Crippen LogP contribution in [0.3, 0.4) is 0 Å². The molecule has 0 spiro atoms. The van der Waals surface area contributed by atoms with Gasteiger partial charge in [-0.05, 0) is 30.7 Å². The van der Waals surface area contributed by atoms with Crippen molar-refractivity contribution in [3.05, 3.63) is 59.8 Å². The third-order valence-electron chi connectivity index (χ3n) is 3.54. The summed E-state index contributed by atoms with van der Waals surface area (Å²) in [6.07, 6.45) is 3.30. The normalized spacial score (nSPS) is 10.9. The first kappa shape index (κ1) is 15.0. The first-order chi connectivity index (χ1) is 11.1. The van der Waals surface area contributed by atoms with Crippen molar-refractivity contribution in [3.63, 3.8) is 0 Å². The number of ether oxygens (including phenoxy) is 1. The van der Waals surface area contributed by atoms with Gasteiger partial charge < -0.3 is 14.4 Å². The lowest BCUT2D eigenvalue weighted by Crippen LogP contribution is -2.07. The van der Waals surface area contributed by atoms with Crippen molar-refractivity contribution in [2.24, 2.45) is 0 Å². The van der Waals surface area contributed by atoms with Gasteiger partial charge in [0.15, 0.2) is 11.4 Å². The molecule has 0 unspecified atom stereocenters. The van der Waals surface area contributed by atoms with Crippen LogP contribution in [0.25, 0.3) is 10.9 Å². The van der Waals surface area contributed by atoms with Gasteiger partial charge in [0.25, 0.3) is 0 Å². The van der Waals surface area contributed by atoms with Crippen LogP contribution in [-0.2, 0) is 11.3 Å². The zero-order valence-electron chi connectivity index (χ0n) is 12.5. The van der Waals surface area contributed by atoms with E-state index in [1.165, 1.54) is 18.3 Å². The molecule has 0 amide bonds. The summed E-state index contributed by atoms with van der Waals surface area (Å²) in [5.41, 5.74) is 1.50. The molecule has 0 saturated carbocycles. The van der Waals surface area contributed by atoms with E-state index in [1.54, 1.807) is 31.3 Å². The average Bonchev–Trinajstić information content (AvgIpc) is 2.94. The van der Waals surface area contributed by atoms with Crippen LogP contribution in [0.5, 0.6) is 5.75 Å². The van der Waals surface area contributed by atoms with Crippen LogP contribution in [0.4, 0.5) is 4.39 Å². The Bertz CT molecular complexity index is 856. The SMILES string of the molecule is CCOC(=O)c1ncc2c(ccn2Cc2ccc(F)cc2)c1O. The quantitative estimate of drug-likeness (QED) is 0.752. The maximum absolute atomic E-state index is 13.0. The zero-order valence-corrected chi connectivity index (χ0v) is 12.5. The molecule has 3 aromatic rings. The Hall–Kier alpha value is -2.89. The number of nitrogens with zero attached hydrogens (tertiary/aromatic N) is 2. The minimum atomic E-state index is -0.654. The van der Waals surface area contributed by atoms with Crippen LogP contribution in [0, 0.1) is 5.82 Å². The highest BCUT2D eigenvalue weighted by atomic mass is 19.1. The van der Waals surface area contributed by atoms with Crippen molar-refractivity contribution in [3.8, 4) is 5.75 Å². The van der Waals surface area contributed by atoms with E-state index in [-0.39, 0.29) is 23.9 Å². The third kappa shape index (κ3) is 2.88. The van der Waals surface area contributed by atoms with Crippen LogP contribution >= 0.6 is 0 Å². The summed E-state index contributed by atoms with van der Waals surface area (Å²) in [5, 5.41) is 10.8. The molecule has 1 N–H and O–H groups in total. The highest BCUT2D eigenvalue weighted by Gasteiger charge is 2.18. The molecule has 0 aliphatic carbocycles. The van der Waals surface area contributed by atoms with E-state index in [9.17, 15) is 14.3 Å². The number of carbonyl (C=O) groups excluding carboxylic acids is 1. The fourth-order valence-corrected chi connectivity index (χ4v) is 2.42. The van der Waals surface area contributed by atoms with Crippen LogP contribution in [-0.4, -0.2) is 27.2 Å². The summed E-state index contributed by atoms with van der Waals surface area (Å²) >= 11 is 0. The Kier molecular flexibility index (Phi) is 3.97. The van der Waals surface area contributed by atoms with E-state index in [0.29, 0.717) is 17.4 Å². The highest BCUT2D eigenvalue weighted by Crippen LogP contribution is 2.28. The van der Waals surface area contributed by atoms with Crippen LogP contribution < -0.4 is 0 Å². The van der Waals surface area contributed by atoms with Crippen molar-refractivity contribution in [2.45, 2.75) is 13.5 Å². The van der Waals surface area contributed by atoms with E-state index in [4.69, 9.17) is 4.74 Å². The Morgan fingerprint density at radius 2 is 2.04 bits per heavy atom. The second-order valence-corrected chi connectivity index (χ2v) is 5.04. The smallest absolute Gasteiger partial charge is 0.360 e. The zero-order chi connectivity index (χ0) is 16.4. The maximum Gasteiger partial charge on any atom is 0.360 e. The van der Waals surface area contributed by atoms with Gasteiger partial charge in [-0.15, -0.1) is 0 Å². The highest BCUT2D eigenvalue weighted by molar-refractivity contribution is 5.98. The molecule has 5 nitrogen and oxygen atoms in total. The second kappa shape index (κ2) is 6.08. The first-order valence-corrected chi connectivity index (χ1v) is 7.18. The number of hydrogen-bond acceptors (Lipinski definition) is 4. The minimum Gasteiger partial charge on any atom is -0.505 e. The molecular weight excluding hydrogens is 299 g/mol. The Balaban J connectivity index is 1.96. The average molecular weight is 314 g/mol. The van der Waals surface area contributed by atoms with Crippen molar-refractivity contribution < 1.29 is 19.0 Å². The van der Waals surface area contributed by atoms with Crippen molar-refractivity contribution in [1.82, 2.24) is 9.55 Å². The summed E-state index contributed by atoms with van der Waals surface area (Å²) in [5.74, 6) is -1.14. The molecule has 0 atom stereocenters. The number of carbonyl (C=O) groups is 1. The van der Waals surface area contributed by atoms with Gasteiger partial charge in [0.05, 0.1) is 18.3 Å². The van der Waals surface area contributed by atoms with Gasteiger partial charge in [0.1, 0.15) is 5.82 Å². The number of benzene rings is 1. The number of pyridine rings is 1. The Morgan fingerprint density at radius 3 is 2.74 bits per heavy atom. The third-order valence-corrected chi connectivity index (χ3v) is 3.54. The lowest BCUT2D eigenvalue weighted by Gasteiger charge is -2.08. The summed E-state index contributed by atoms with van der Waals surface area (Å²) in [4.78, 5) is 15.8. The van der Waals surface area contributed by atoms with E-state index >= 15 is 0 Å². The fraction of sp³-hybridized carbons (Fsp3) is 0.176. The van der Waals surface area contributed by atoms with Crippen molar-refractivity contribution >= 4 is 16.9 Å². The molecule has 2 aromatic heterocycles. The summed E-state index contributed by atoms with van der Waals surface area (Å²) in [6, 6.07) is 7.90. The number of rotatable bonds is 4. The topological polar surface area (TPSA) is 64.3 Å². The molecule has 3 rings (SSSR count). The molecule has 0 bridgehead atoms. The van der Waals surface area contributed by atoms with Gasteiger partial charge in [-0.25, -0.2) is 14.2 Å². The predicted molar refractivity (Wildman–Crippen MR) is 82.9 cm³/mol. The van der Waals surface area contributed by atoms with E-state index in [0.717, 1.165) is 5.56 Å². The van der Waals surface area contributed by atoms with Gasteiger partial charge in [0.2, 0.25) is 0 Å². The van der Waals surface area contributed by atoms with Crippen LogP contribution in [0.15, 0.2) is 42.7 Å². The lowest BCUT2D eigenvalue weighted by molar-refractivity contribution is 0.0516. The maximum atomic E-state index is 13.0. The lowest BCUT2D eigenvalue weighted by atomic mass is 10.2. The number of esters is 1. The molecule has 0 saturated heterocycles. The van der Waals surface area contributed by atoms with E-state index in [2.05, 4.69) is 4.98 Å². The molecular formula is C17H15FN2O3. The number of aromatic nitrogens is 2. The standard InChI is InChI=1S/C17H15FN2O3/c1-2-23-17(22)15-16(21)13-7-8-20(14(13)9-19-15)10-11-3-5-12(18)6-4-11/h3-9,21H,2,10H2,1H3. The van der Waals surface area contributed by atoms with Crippen molar-refractivity contribution in [2.75, 3.05) is 6.61 Å². The minimum absolute atomic E-state index is 0.0983. The molecule has 2 heterocycles. The van der Waals surface area contributed by atoms with Crippen molar-refractivity contribution in [1.29, 1.82) is 0 Å². The largest absolute Gasteiger partial charge is 0.505 e. The number of hydrogen-bond donors (Lipinski definition) is 1. The molecule has 118 valence electrons. The van der Waals surface area contributed by atoms with E-state index in [1.807, 2.05) is 4.57 Å². The summed E-state index contributed by atoms with van der Waals surface area (Å²) < 4.78 is 19.7. The van der Waals surface area contributed by atoms with Gasteiger partial charge in [0, 0.05) is 18.1 Å². The predicted octanol–water partition coefficient (Wildman–Crippen LogP) is 3.11. The molecule has 23 heavy (non-hydrogen) atoms.